The highest BCUT2D eigenvalue weighted by Gasteiger charge is 2.04. The highest BCUT2D eigenvalue weighted by atomic mass is 35.5. The highest BCUT2D eigenvalue weighted by molar-refractivity contribution is 6.42. The van der Waals surface area contributed by atoms with Crippen molar-refractivity contribution in [3.8, 4) is 0 Å². The van der Waals surface area contributed by atoms with Crippen LogP contribution in [-0.4, -0.2) is 9.78 Å². The molecule has 0 aliphatic heterocycles. The van der Waals surface area contributed by atoms with E-state index < -0.39 is 0 Å². The molecule has 0 unspecified atom stereocenters. The summed E-state index contributed by atoms with van der Waals surface area (Å²) >= 11 is 11.9. The first-order valence-electron chi connectivity index (χ1n) is 4.09. The topological polar surface area (TPSA) is 17.8 Å². The largest absolute Gasteiger partial charge is 0.268 e. The van der Waals surface area contributed by atoms with Crippen LogP contribution >= 0.6 is 23.2 Å². The Labute approximate surface area is 92.1 Å². The molecule has 0 bridgehead atoms. The van der Waals surface area contributed by atoms with Crippen LogP contribution in [0.2, 0.25) is 10.0 Å². The van der Waals surface area contributed by atoms with Crippen LogP contribution in [0.1, 0.15) is 5.56 Å². The maximum Gasteiger partial charge on any atom is 0.0674 e. The SMILES string of the molecule is Clc1cccc(Cn2c[c]cn2)c1Cl. The summed E-state index contributed by atoms with van der Waals surface area (Å²) in [7, 11) is 0. The lowest BCUT2D eigenvalue weighted by Gasteiger charge is -2.05. The molecular formula is C10H7Cl2N2. The smallest absolute Gasteiger partial charge is 0.0674 e. The van der Waals surface area contributed by atoms with Crippen LogP contribution in [0, 0.1) is 6.07 Å². The number of benzene rings is 1. The van der Waals surface area contributed by atoms with Gasteiger partial charge in [-0.3, -0.25) is 4.68 Å². The lowest BCUT2D eigenvalue weighted by atomic mass is 10.2. The summed E-state index contributed by atoms with van der Waals surface area (Å²) < 4.78 is 1.75. The normalized spacial score (nSPS) is 10.4. The average molecular weight is 226 g/mol. The lowest BCUT2D eigenvalue weighted by molar-refractivity contribution is 0.687. The van der Waals surface area contributed by atoms with Crippen molar-refractivity contribution in [2.45, 2.75) is 6.54 Å². The van der Waals surface area contributed by atoms with Crippen LogP contribution in [-0.2, 0) is 6.54 Å². The van der Waals surface area contributed by atoms with Gasteiger partial charge in [-0.25, -0.2) is 0 Å². The Hall–Kier alpha value is -0.990. The molecule has 0 fully saturated rings. The second-order valence-electron chi connectivity index (χ2n) is 2.85. The van der Waals surface area contributed by atoms with Gasteiger partial charge in [0.1, 0.15) is 0 Å². The molecule has 1 aromatic heterocycles. The van der Waals surface area contributed by atoms with E-state index in [0.717, 1.165) is 5.56 Å². The van der Waals surface area contributed by atoms with Gasteiger partial charge in [-0.2, -0.15) is 5.10 Å². The molecule has 0 saturated heterocycles. The maximum atomic E-state index is 6.03. The summed E-state index contributed by atoms with van der Waals surface area (Å²) in [6.07, 6.45) is 3.37. The van der Waals surface area contributed by atoms with Gasteiger partial charge in [0, 0.05) is 12.3 Å². The number of rotatable bonds is 2. The number of nitrogens with zero attached hydrogens (tertiary/aromatic N) is 2. The van der Waals surface area contributed by atoms with Gasteiger partial charge in [0.05, 0.1) is 22.8 Å². The Morgan fingerprint density at radius 3 is 2.93 bits per heavy atom. The first-order chi connectivity index (χ1) is 6.77. The monoisotopic (exact) mass is 225 g/mol. The van der Waals surface area contributed by atoms with E-state index in [2.05, 4.69) is 11.2 Å². The molecule has 4 heteroatoms. The van der Waals surface area contributed by atoms with E-state index in [1.807, 2.05) is 12.1 Å². The van der Waals surface area contributed by atoms with Gasteiger partial charge in [-0.05, 0) is 11.6 Å². The molecule has 1 radical (unpaired) electrons. The standard InChI is InChI=1S/C10H7Cl2N2/c11-9-4-1-3-8(10(9)12)7-14-6-2-5-13-14/h1,3-6H,7H2. The molecule has 0 aliphatic carbocycles. The second kappa shape index (κ2) is 4.03. The van der Waals surface area contributed by atoms with Crippen molar-refractivity contribution < 1.29 is 0 Å². The maximum absolute atomic E-state index is 6.03. The molecule has 2 nitrogen and oxygen atoms in total. The zero-order valence-electron chi connectivity index (χ0n) is 7.24. The molecule has 0 atom stereocenters. The lowest BCUT2D eigenvalue weighted by Crippen LogP contribution is -2.00. The van der Waals surface area contributed by atoms with Crippen molar-refractivity contribution in [1.82, 2.24) is 9.78 Å². The summed E-state index contributed by atoms with van der Waals surface area (Å²) in [4.78, 5) is 0. The Kier molecular flexibility index (Phi) is 2.75. The summed E-state index contributed by atoms with van der Waals surface area (Å²) in [6, 6.07) is 8.42. The van der Waals surface area contributed by atoms with Gasteiger partial charge in [-0.1, -0.05) is 35.3 Å². The molecule has 2 aromatic rings. The first-order valence-corrected chi connectivity index (χ1v) is 4.84. The summed E-state index contributed by atoms with van der Waals surface area (Å²) in [6.45, 7) is 0.614. The molecule has 0 spiro atoms. The van der Waals surface area contributed by atoms with Gasteiger partial charge in [0.25, 0.3) is 0 Å². The number of hydrogen-bond donors (Lipinski definition) is 0. The zero-order chi connectivity index (χ0) is 9.97. The molecule has 2 rings (SSSR count). The molecule has 1 aromatic carbocycles. The summed E-state index contributed by atoms with van der Waals surface area (Å²) in [5, 5.41) is 5.20. The predicted molar refractivity (Wildman–Crippen MR) is 56.6 cm³/mol. The van der Waals surface area contributed by atoms with E-state index in [9.17, 15) is 0 Å². The van der Waals surface area contributed by atoms with Gasteiger partial charge in [0.2, 0.25) is 0 Å². The third kappa shape index (κ3) is 1.91. The Bertz CT molecular complexity index is 424. The third-order valence-electron chi connectivity index (χ3n) is 1.87. The van der Waals surface area contributed by atoms with Crippen molar-refractivity contribution in [1.29, 1.82) is 0 Å². The Morgan fingerprint density at radius 2 is 2.21 bits per heavy atom. The fourth-order valence-corrected chi connectivity index (χ4v) is 1.57. The zero-order valence-corrected chi connectivity index (χ0v) is 8.76. The molecule has 1 heterocycles. The van der Waals surface area contributed by atoms with Gasteiger partial charge in [-0.15, -0.1) is 0 Å². The molecule has 71 valence electrons. The van der Waals surface area contributed by atoms with E-state index in [-0.39, 0.29) is 0 Å². The van der Waals surface area contributed by atoms with Crippen molar-refractivity contribution >= 4 is 23.2 Å². The van der Waals surface area contributed by atoms with Crippen LogP contribution in [0.4, 0.5) is 0 Å². The van der Waals surface area contributed by atoms with Crippen molar-refractivity contribution in [3.63, 3.8) is 0 Å². The minimum atomic E-state index is 0.570. The first kappa shape index (κ1) is 9.56. The predicted octanol–water partition coefficient (Wildman–Crippen LogP) is 3.04. The van der Waals surface area contributed by atoms with E-state index in [1.54, 1.807) is 23.1 Å². The molecule has 0 amide bonds. The van der Waals surface area contributed by atoms with Crippen molar-refractivity contribution in [2.24, 2.45) is 0 Å². The second-order valence-corrected chi connectivity index (χ2v) is 3.64. The molecular weight excluding hydrogens is 219 g/mol. The van der Waals surface area contributed by atoms with E-state index >= 15 is 0 Å². The number of hydrogen-bond acceptors (Lipinski definition) is 1. The van der Waals surface area contributed by atoms with E-state index in [0.29, 0.717) is 16.6 Å². The van der Waals surface area contributed by atoms with Gasteiger partial charge < -0.3 is 0 Å². The minimum absolute atomic E-state index is 0.570. The molecule has 0 N–H and O–H groups in total. The number of aromatic nitrogens is 2. The van der Waals surface area contributed by atoms with Crippen LogP contribution in [0.25, 0.3) is 0 Å². The van der Waals surface area contributed by atoms with Crippen LogP contribution in [0.5, 0.6) is 0 Å². The fraction of sp³-hybridized carbons (Fsp3) is 0.100. The molecule has 0 saturated carbocycles. The third-order valence-corrected chi connectivity index (χ3v) is 2.73. The minimum Gasteiger partial charge on any atom is -0.268 e. The number of halogens is 2. The van der Waals surface area contributed by atoms with Crippen LogP contribution in [0.15, 0.2) is 30.6 Å². The van der Waals surface area contributed by atoms with Crippen molar-refractivity contribution in [3.05, 3.63) is 52.3 Å². The highest BCUT2D eigenvalue weighted by Crippen LogP contribution is 2.25. The average Bonchev–Trinajstić information content (AvgIpc) is 2.66. The molecule has 0 aliphatic rings. The van der Waals surface area contributed by atoms with Crippen LogP contribution < -0.4 is 0 Å². The Balaban J connectivity index is 2.29. The van der Waals surface area contributed by atoms with E-state index in [1.165, 1.54) is 0 Å². The van der Waals surface area contributed by atoms with Crippen LogP contribution in [0.3, 0.4) is 0 Å². The van der Waals surface area contributed by atoms with Gasteiger partial charge >= 0.3 is 0 Å². The van der Waals surface area contributed by atoms with E-state index in [4.69, 9.17) is 23.2 Å². The van der Waals surface area contributed by atoms with Gasteiger partial charge in [0.15, 0.2) is 0 Å². The quantitative estimate of drug-likeness (QED) is 0.769. The van der Waals surface area contributed by atoms with Crippen molar-refractivity contribution in [2.75, 3.05) is 0 Å². The molecule has 14 heavy (non-hydrogen) atoms. The fourth-order valence-electron chi connectivity index (χ4n) is 1.19. The Morgan fingerprint density at radius 1 is 1.36 bits per heavy atom. The summed E-state index contributed by atoms with van der Waals surface area (Å²) in [5.74, 6) is 0. The summed E-state index contributed by atoms with van der Waals surface area (Å²) in [5.41, 5.74) is 0.955.